The van der Waals surface area contributed by atoms with Crippen molar-refractivity contribution in [3.8, 4) is 17.0 Å². The average molecular weight is 272 g/mol. The third kappa shape index (κ3) is 2.36. The van der Waals surface area contributed by atoms with Crippen molar-refractivity contribution in [2.24, 2.45) is 0 Å². The molecule has 2 heterocycles. The second-order valence-corrected chi connectivity index (χ2v) is 4.75. The smallest absolute Gasteiger partial charge is 0.279 e. The van der Waals surface area contributed by atoms with Crippen LogP contribution in [0.1, 0.15) is 12.8 Å². The number of methoxy groups -OCH3 is 1. The van der Waals surface area contributed by atoms with Gasteiger partial charge in [0.1, 0.15) is 5.75 Å². The number of nitrogens with one attached hydrogen (secondary N) is 1. The molecule has 6 nitrogen and oxygen atoms in total. The maximum absolute atomic E-state index is 12.1. The van der Waals surface area contributed by atoms with Crippen LogP contribution in [0.5, 0.6) is 5.75 Å². The highest BCUT2D eigenvalue weighted by atomic mass is 16.5. The van der Waals surface area contributed by atoms with E-state index in [4.69, 9.17) is 4.74 Å². The predicted molar refractivity (Wildman–Crippen MR) is 76.1 cm³/mol. The van der Waals surface area contributed by atoms with Crippen molar-refractivity contribution < 1.29 is 4.74 Å². The molecule has 0 radical (unpaired) electrons. The van der Waals surface area contributed by atoms with Crippen molar-refractivity contribution in [1.29, 1.82) is 0 Å². The summed E-state index contributed by atoms with van der Waals surface area (Å²) < 4.78 is 5.09. The number of hydrogen-bond donors (Lipinski definition) is 1. The molecule has 0 atom stereocenters. The van der Waals surface area contributed by atoms with E-state index >= 15 is 0 Å². The van der Waals surface area contributed by atoms with Crippen LogP contribution in [0.4, 0.5) is 5.95 Å². The molecule has 6 heteroatoms. The first-order valence-electron chi connectivity index (χ1n) is 6.64. The van der Waals surface area contributed by atoms with Gasteiger partial charge < -0.3 is 9.64 Å². The fourth-order valence-electron chi connectivity index (χ4n) is 2.34. The first kappa shape index (κ1) is 12.7. The van der Waals surface area contributed by atoms with Crippen molar-refractivity contribution in [2.45, 2.75) is 12.8 Å². The number of aromatic amines is 1. The summed E-state index contributed by atoms with van der Waals surface area (Å²) in [6, 6.07) is 7.19. The van der Waals surface area contributed by atoms with E-state index in [1.807, 2.05) is 4.90 Å². The minimum Gasteiger partial charge on any atom is -0.497 e. The molecule has 20 heavy (non-hydrogen) atoms. The predicted octanol–water partition coefficient (Wildman–Crippen LogP) is 1.44. The molecule has 1 aliphatic rings. The fourth-order valence-corrected chi connectivity index (χ4v) is 2.34. The highest BCUT2D eigenvalue weighted by molar-refractivity contribution is 5.59. The van der Waals surface area contributed by atoms with Crippen LogP contribution >= 0.6 is 0 Å². The largest absolute Gasteiger partial charge is 0.497 e. The van der Waals surface area contributed by atoms with Gasteiger partial charge in [0.2, 0.25) is 5.95 Å². The molecule has 1 aromatic carbocycles. The van der Waals surface area contributed by atoms with Gasteiger partial charge in [0.05, 0.1) is 7.11 Å². The molecule has 0 amide bonds. The van der Waals surface area contributed by atoms with Crippen molar-refractivity contribution >= 4 is 5.95 Å². The second-order valence-electron chi connectivity index (χ2n) is 4.75. The highest BCUT2D eigenvalue weighted by Gasteiger charge is 2.16. The molecular weight excluding hydrogens is 256 g/mol. The Morgan fingerprint density at radius 1 is 1.15 bits per heavy atom. The first-order valence-corrected chi connectivity index (χ1v) is 6.64. The van der Waals surface area contributed by atoms with Gasteiger partial charge in [0, 0.05) is 18.7 Å². The van der Waals surface area contributed by atoms with Gasteiger partial charge in [0.25, 0.3) is 5.56 Å². The van der Waals surface area contributed by atoms with Gasteiger partial charge >= 0.3 is 0 Å². The van der Waals surface area contributed by atoms with E-state index in [0.717, 1.165) is 37.2 Å². The van der Waals surface area contributed by atoms with Crippen LogP contribution in [0.25, 0.3) is 11.3 Å². The Kier molecular flexibility index (Phi) is 3.37. The summed E-state index contributed by atoms with van der Waals surface area (Å²) in [6.07, 6.45) is 2.26. The normalized spacial score (nSPS) is 14.6. The molecule has 1 fully saturated rings. The van der Waals surface area contributed by atoms with E-state index in [0.29, 0.717) is 11.6 Å². The lowest BCUT2D eigenvalue weighted by Crippen LogP contribution is -2.25. The van der Waals surface area contributed by atoms with Crippen molar-refractivity contribution in [1.82, 2.24) is 15.2 Å². The van der Waals surface area contributed by atoms with E-state index in [1.54, 1.807) is 31.4 Å². The molecule has 1 saturated heterocycles. The van der Waals surface area contributed by atoms with Gasteiger partial charge in [0.15, 0.2) is 5.69 Å². The maximum atomic E-state index is 12.1. The summed E-state index contributed by atoms with van der Waals surface area (Å²) in [5.74, 6) is 1.30. The minimum atomic E-state index is -0.216. The van der Waals surface area contributed by atoms with E-state index in [-0.39, 0.29) is 5.56 Å². The van der Waals surface area contributed by atoms with Crippen LogP contribution in [0.15, 0.2) is 29.1 Å². The number of hydrogen-bond acceptors (Lipinski definition) is 5. The van der Waals surface area contributed by atoms with E-state index in [1.165, 1.54) is 0 Å². The van der Waals surface area contributed by atoms with Gasteiger partial charge in [-0.3, -0.25) is 9.78 Å². The number of anilines is 1. The van der Waals surface area contributed by atoms with E-state index < -0.39 is 0 Å². The number of ether oxygens (including phenoxy) is 1. The summed E-state index contributed by atoms with van der Waals surface area (Å²) in [7, 11) is 1.60. The van der Waals surface area contributed by atoms with Gasteiger partial charge in [-0.25, -0.2) is 0 Å². The summed E-state index contributed by atoms with van der Waals surface area (Å²) in [4.78, 5) is 17.0. The number of benzene rings is 1. The summed E-state index contributed by atoms with van der Waals surface area (Å²) in [5.41, 5.74) is 0.843. The molecule has 1 N–H and O–H groups in total. The van der Waals surface area contributed by atoms with E-state index in [2.05, 4.69) is 15.2 Å². The van der Waals surface area contributed by atoms with Crippen molar-refractivity contribution in [2.75, 3.05) is 25.1 Å². The Labute approximate surface area is 116 Å². The van der Waals surface area contributed by atoms with Gasteiger partial charge in [-0.05, 0) is 37.1 Å². The molecule has 0 unspecified atom stereocenters. The quantitative estimate of drug-likeness (QED) is 0.915. The van der Waals surface area contributed by atoms with Crippen LogP contribution in [0.3, 0.4) is 0 Å². The minimum absolute atomic E-state index is 0.216. The van der Waals surface area contributed by atoms with E-state index in [9.17, 15) is 4.79 Å². The van der Waals surface area contributed by atoms with Crippen molar-refractivity contribution in [3.63, 3.8) is 0 Å². The second kappa shape index (κ2) is 5.32. The lowest BCUT2D eigenvalue weighted by atomic mass is 10.1. The lowest BCUT2D eigenvalue weighted by molar-refractivity contribution is 0.415. The van der Waals surface area contributed by atoms with Crippen LogP contribution in [0, 0.1) is 0 Å². The molecule has 1 aromatic heterocycles. The van der Waals surface area contributed by atoms with Crippen LogP contribution < -0.4 is 15.2 Å². The van der Waals surface area contributed by atoms with Crippen LogP contribution in [-0.4, -0.2) is 35.4 Å². The molecular formula is C14H16N4O2. The first-order chi connectivity index (χ1) is 9.78. The molecule has 0 aliphatic carbocycles. The molecule has 1 aliphatic heterocycles. The van der Waals surface area contributed by atoms with Gasteiger partial charge in [-0.1, -0.05) is 0 Å². The van der Waals surface area contributed by atoms with Crippen molar-refractivity contribution in [3.05, 3.63) is 34.6 Å². The Balaban J connectivity index is 1.91. The van der Waals surface area contributed by atoms with Crippen LogP contribution in [-0.2, 0) is 0 Å². The topological polar surface area (TPSA) is 71.1 Å². The lowest BCUT2D eigenvalue weighted by Gasteiger charge is -2.14. The third-order valence-electron chi connectivity index (χ3n) is 3.45. The molecule has 104 valence electrons. The number of nitrogens with zero attached hydrogens (tertiary/aromatic N) is 3. The molecule has 2 aromatic rings. The zero-order chi connectivity index (χ0) is 13.9. The molecule has 3 rings (SSSR count). The Hall–Kier alpha value is -2.37. The number of H-pyrrole nitrogens is 1. The Morgan fingerprint density at radius 3 is 2.45 bits per heavy atom. The SMILES string of the molecule is COc1ccc(-c2nnc(N3CCCC3)[nH]c2=O)cc1. The maximum Gasteiger partial charge on any atom is 0.279 e. The highest BCUT2D eigenvalue weighted by Crippen LogP contribution is 2.18. The number of rotatable bonds is 3. The fraction of sp³-hybridized carbons (Fsp3) is 0.357. The molecule has 0 bridgehead atoms. The summed E-state index contributed by atoms with van der Waals surface area (Å²) >= 11 is 0. The standard InChI is InChI=1S/C14H16N4O2/c1-20-11-6-4-10(5-7-11)12-13(19)15-14(17-16-12)18-8-2-3-9-18/h4-7H,2-3,8-9H2,1H3,(H,15,17,19). The zero-order valence-electron chi connectivity index (χ0n) is 11.3. The molecule has 0 saturated carbocycles. The summed E-state index contributed by atoms with van der Waals surface area (Å²) in [5, 5.41) is 8.20. The third-order valence-corrected chi connectivity index (χ3v) is 3.45. The Bertz CT molecular complexity index is 645. The monoisotopic (exact) mass is 272 g/mol. The average Bonchev–Trinajstić information content (AvgIpc) is 3.01. The van der Waals surface area contributed by atoms with Crippen LogP contribution in [0.2, 0.25) is 0 Å². The molecule has 0 spiro atoms. The van der Waals surface area contributed by atoms with Gasteiger partial charge in [-0.15, -0.1) is 10.2 Å². The number of aromatic nitrogens is 3. The zero-order valence-corrected chi connectivity index (χ0v) is 11.3. The summed E-state index contributed by atoms with van der Waals surface area (Å²) in [6.45, 7) is 1.85. The Morgan fingerprint density at radius 2 is 1.85 bits per heavy atom. The van der Waals surface area contributed by atoms with Gasteiger partial charge in [-0.2, -0.15) is 0 Å².